The van der Waals surface area contributed by atoms with E-state index in [1.54, 1.807) is 19.6 Å². The number of H-pyrrole nitrogens is 1. The Labute approximate surface area is 92.7 Å². The Morgan fingerprint density at radius 2 is 2.19 bits per heavy atom. The van der Waals surface area contributed by atoms with Gasteiger partial charge in [-0.25, -0.2) is 0 Å². The van der Waals surface area contributed by atoms with Crippen LogP contribution in [0.25, 0.3) is 22.2 Å². The number of methoxy groups -OCH3 is 1. The van der Waals surface area contributed by atoms with Crippen molar-refractivity contribution < 1.29 is 9.15 Å². The number of fused-ring (bicyclic) bond motifs is 1. The Kier molecular flexibility index (Phi) is 1.96. The van der Waals surface area contributed by atoms with Crippen LogP contribution >= 0.6 is 0 Å². The molecule has 0 aliphatic heterocycles. The van der Waals surface area contributed by atoms with Gasteiger partial charge in [-0.1, -0.05) is 6.07 Å². The van der Waals surface area contributed by atoms with Crippen LogP contribution in [0.15, 0.2) is 47.3 Å². The van der Waals surface area contributed by atoms with Gasteiger partial charge in [0.1, 0.15) is 5.75 Å². The molecule has 2 aromatic heterocycles. The van der Waals surface area contributed by atoms with Gasteiger partial charge < -0.3 is 14.1 Å². The highest BCUT2D eigenvalue weighted by atomic mass is 16.5. The second-order valence-electron chi connectivity index (χ2n) is 3.62. The predicted octanol–water partition coefficient (Wildman–Crippen LogP) is 3.44. The number of benzene rings is 1. The first-order chi connectivity index (χ1) is 7.88. The summed E-state index contributed by atoms with van der Waals surface area (Å²) in [4.78, 5) is 3.33. The summed E-state index contributed by atoms with van der Waals surface area (Å²) >= 11 is 0. The lowest BCUT2D eigenvalue weighted by Crippen LogP contribution is -1.81. The first kappa shape index (κ1) is 9.09. The van der Waals surface area contributed by atoms with Gasteiger partial charge in [0, 0.05) is 22.2 Å². The number of hydrogen-bond acceptors (Lipinski definition) is 2. The average molecular weight is 213 g/mol. The molecule has 3 aromatic rings. The quantitative estimate of drug-likeness (QED) is 0.708. The molecular weight excluding hydrogens is 202 g/mol. The van der Waals surface area contributed by atoms with Crippen molar-refractivity contribution in [1.29, 1.82) is 0 Å². The van der Waals surface area contributed by atoms with Crippen molar-refractivity contribution >= 4 is 10.9 Å². The second-order valence-corrected chi connectivity index (χ2v) is 3.62. The Balaban J connectivity index is 2.23. The summed E-state index contributed by atoms with van der Waals surface area (Å²) in [6.45, 7) is 0. The van der Waals surface area contributed by atoms with E-state index in [0.717, 1.165) is 27.9 Å². The van der Waals surface area contributed by atoms with E-state index in [0.29, 0.717) is 0 Å². The van der Waals surface area contributed by atoms with Gasteiger partial charge in [-0.2, -0.15) is 0 Å². The van der Waals surface area contributed by atoms with Gasteiger partial charge in [-0.15, -0.1) is 0 Å². The maximum Gasteiger partial charge on any atom is 0.128 e. The van der Waals surface area contributed by atoms with Gasteiger partial charge in [0.25, 0.3) is 0 Å². The minimum Gasteiger partial charge on any atom is -0.496 e. The number of aromatic amines is 1. The maximum atomic E-state index is 5.31. The lowest BCUT2D eigenvalue weighted by Gasteiger charge is -1.99. The van der Waals surface area contributed by atoms with Crippen molar-refractivity contribution in [2.24, 2.45) is 0 Å². The fourth-order valence-electron chi connectivity index (χ4n) is 1.88. The van der Waals surface area contributed by atoms with Crippen molar-refractivity contribution in [3.63, 3.8) is 0 Å². The van der Waals surface area contributed by atoms with Crippen LogP contribution < -0.4 is 4.74 Å². The van der Waals surface area contributed by atoms with Crippen LogP contribution in [-0.2, 0) is 0 Å². The zero-order chi connectivity index (χ0) is 11.0. The lowest BCUT2D eigenvalue weighted by atomic mass is 10.2. The molecule has 0 aliphatic rings. The van der Waals surface area contributed by atoms with Gasteiger partial charge in [0.15, 0.2) is 0 Å². The molecule has 3 nitrogen and oxygen atoms in total. The van der Waals surface area contributed by atoms with Gasteiger partial charge in [-0.05, 0) is 24.3 Å². The molecule has 1 aromatic carbocycles. The standard InChI is InChI=1S/C13H11NO2/c1-15-13-4-2-3-11-10(13)7-12(14-11)9-5-6-16-8-9/h2-8,14H,1H3. The molecule has 0 saturated carbocycles. The molecular formula is C13H11NO2. The molecule has 2 heterocycles. The molecule has 80 valence electrons. The molecule has 3 rings (SSSR count). The summed E-state index contributed by atoms with van der Waals surface area (Å²) in [5, 5.41) is 1.08. The molecule has 0 aliphatic carbocycles. The van der Waals surface area contributed by atoms with Gasteiger partial charge >= 0.3 is 0 Å². The molecule has 0 spiro atoms. The molecule has 1 N–H and O–H groups in total. The first-order valence-corrected chi connectivity index (χ1v) is 5.07. The van der Waals surface area contributed by atoms with Crippen molar-refractivity contribution in [3.8, 4) is 17.0 Å². The average Bonchev–Trinajstić information content (AvgIpc) is 2.96. The number of rotatable bonds is 2. The highest BCUT2D eigenvalue weighted by molar-refractivity contribution is 5.90. The molecule has 0 fully saturated rings. The van der Waals surface area contributed by atoms with Crippen LogP contribution in [0, 0.1) is 0 Å². The Morgan fingerprint density at radius 1 is 1.25 bits per heavy atom. The fourth-order valence-corrected chi connectivity index (χ4v) is 1.88. The summed E-state index contributed by atoms with van der Waals surface area (Å²) in [6, 6.07) is 9.95. The molecule has 0 saturated heterocycles. The highest BCUT2D eigenvalue weighted by Crippen LogP contribution is 2.30. The van der Waals surface area contributed by atoms with E-state index >= 15 is 0 Å². The largest absolute Gasteiger partial charge is 0.496 e. The number of ether oxygens (including phenoxy) is 1. The third kappa shape index (κ3) is 1.29. The van der Waals surface area contributed by atoms with Crippen molar-refractivity contribution in [2.75, 3.05) is 7.11 Å². The van der Waals surface area contributed by atoms with Crippen molar-refractivity contribution in [2.45, 2.75) is 0 Å². The Bertz CT molecular complexity index is 608. The smallest absolute Gasteiger partial charge is 0.128 e. The van der Waals surface area contributed by atoms with Gasteiger partial charge in [0.05, 0.1) is 19.6 Å². The molecule has 0 amide bonds. The maximum absolute atomic E-state index is 5.31. The molecule has 0 radical (unpaired) electrons. The summed E-state index contributed by atoms with van der Waals surface area (Å²) in [7, 11) is 1.68. The van der Waals surface area contributed by atoms with Gasteiger partial charge in [0.2, 0.25) is 0 Å². The Morgan fingerprint density at radius 3 is 2.94 bits per heavy atom. The Hall–Kier alpha value is -2.16. The summed E-state index contributed by atoms with van der Waals surface area (Å²) in [6.07, 6.45) is 3.38. The molecule has 0 unspecified atom stereocenters. The summed E-state index contributed by atoms with van der Waals surface area (Å²) < 4.78 is 10.4. The van der Waals surface area contributed by atoms with Crippen LogP contribution in [0.3, 0.4) is 0 Å². The van der Waals surface area contributed by atoms with E-state index in [9.17, 15) is 0 Å². The van der Waals surface area contributed by atoms with Crippen LogP contribution in [-0.4, -0.2) is 12.1 Å². The lowest BCUT2D eigenvalue weighted by molar-refractivity contribution is 0.420. The van der Waals surface area contributed by atoms with Crippen LogP contribution in [0.1, 0.15) is 0 Å². The van der Waals surface area contributed by atoms with E-state index in [1.165, 1.54) is 0 Å². The van der Waals surface area contributed by atoms with Crippen LogP contribution in [0.5, 0.6) is 5.75 Å². The van der Waals surface area contributed by atoms with E-state index in [4.69, 9.17) is 9.15 Å². The highest BCUT2D eigenvalue weighted by Gasteiger charge is 2.07. The number of furan rings is 1. The fraction of sp³-hybridized carbons (Fsp3) is 0.0769. The van der Waals surface area contributed by atoms with Crippen LogP contribution in [0.4, 0.5) is 0 Å². The topological polar surface area (TPSA) is 38.2 Å². The minimum atomic E-state index is 0.878. The number of hydrogen-bond donors (Lipinski definition) is 1. The van der Waals surface area contributed by atoms with Gasteiger partial charge in [-0.3, -0.25) is 0 Å². The number of nitrogens with one attached hydrogen (secondary N) is 1. The third-order valence-corrected chi connectivity index (χ3v) is 2.68. The molecule has 3 heteroatoms. The SMILES string of the molecule is COc1cccc2[nH]c(-c3ccoc3)cc12. The third-order valence-electron chi connectivity index (χ3n) is 2.68. The second kappa shape index (κ2) is 3.45. The number of aromatic nitrogens is 1. The summed E-state index contributed by atoms with van der Waals surface area (Å²) in [5.74, 6) is 0.878. The minimum absolute atomic E-state index is 0.878. The van der Waals surface area contributed by atoms with Crippen molar-refractivity contribution in [3.05, 3.63) is 42.9 Å². The summed E-state index contributed by atoms with van der Waals surface area (Å²) in [5.41, 5.74) is 3.14. The van der Waals surface area contributed by atoms with Crippen LogP contribution in [0.2, 0.25) is 0 Å². The predicted molar refractivity (Wildman–Crippen MR) is 62.6 cm³/mol. The normalized spacial score (nSPS) is 10.8. The zero-order valence-electron chi connectivity index (χ0n) is 8.86. The first-order valence-electron chi connectivity index (χ1n) is 5.07. The van der Waals surface area contributed by atoms with E-state index in [-0.39, 0.29) is 0 Å². The molecule has 16 heavy (non-hydrogen) atoms. The molecule has 0 atom stereocenters. The van der Waals surface area contributed by atoms with Crippen molar-refractivity contribution in [1.82, 2.24) is 4.98 Å². The zero-order valence-corrected chi connectivity index (χ0v) is 8.86. The van der Waals surface area contributed by atoms with E-state index in [2.05, 4.69) is 11.1 Å². The van der Waals surface area contributed by atoms with E-state index < -0.39 is 0 Å². The monoisotopic (exact) mass is 213 g/mol. The van der Waals surface area contributed by atoms with E-state index in [1.807, 2.05) is 24.3 Å². The molecule has 0 bridgehead atoms.